The Hall–Kier alpha value is -3.55. The van der Waals surface area contributed by atoms with Gasteiger partial charge < -0.3 is 19.5 Å². The van der Waals surface area contributed by atoms with Gasteiger partial charge in [0.15, 0.2) is 6.61 Å². The number of hydrogen-bond acceptors (Lipinski definition) is 6. The molecule has 2 rings (SSSR count). The van der Waals surface area contributed by atoms with Crippen molar-refractivity contribution in [3.05, 3.63) is 54.1 Å². The lowest BCUT2D eigenvalue weighted by molar-refractivity contribution is -0.123. The van der Waals surface area contributed by atoms with E-state index >= 15 is 0 Å². The molecule has 0 heterocycles. The van der Waals surface area contributed by atoms with Gasteiger partial charge in [-0.05, 0) is 48.9 Å². The van der Waals surface area contributed by atoms with Gasteiger partial charge in [0.05, 0.1) is 20.6 Å². The molecule has 0 atom stereocenters. The molecular formula is C21H25N3O5. The van der Waals surface area contributed by atoms with Crippen molar-refractivity contribution < 1.29 is 23.8 Å². The normalized spacial score (nSPS) is 10.8. The van der Waals surface area contributed by atoms with Crippen molar-refractivity contribution >= 4 is 17.5 Å². The largest absolute Gasteiger partial charge is 0.497 e. The number of carbonyl (C=O) groups excluding carboxylic acids is 2. The molecule has 29 heavy (non-hydrogen) atoms. The zero-order chi connectivity index (χ0) is 21.1. The third kappa shape index (κ3) is 7.92. The van der Waals surface area contributed by atoms with E-state index in [2.05, 4.69) is 15.8 Å². The number of methoxy groups -OCH3 is 2. The molecule has 0 aliphatic heterocycles. The summed E-state index contributed by atoms with van der Waals surface area (Å²) >= 11 is 0. The summed E-state index contributed by atoms with van der Waals surface area (Å²) in [6.45, 7) is 1.88. The predicted molar refractivity (Wildman–Crippen MR) is 109 cm³/mol. The van der Waals surface area contributed by atoms with Crippen LogP contribution in [0.25, 0.3) is 0 Å². The highest BCUT2D eigenvalue weighted by Gasteiger charge is 2.06. The number of nitrogens with one attached hydrogen (secondary N) is 2. The number of hydrazone groups is 1. The summed E-state index contributed by atoms with van der Waals surface area (Å²) in [5.41, 5.74) is 3.81. The molecule has 0 saturated heterocycles. The summed E-state index contributed by atoms with van der Waals surface area (Å²) in [6, 6.07) is 14.3. The Bertz CT molecular complexity index is 832. The predicted octanol–water partition coefficient (Wildman–Crippen LogP) is 2.28. The van der Waals surface area contributed by atoms with Crippen LogP contribution >= 0.6 is 0 Å². The zero-order valence-corrected chi connectivity index (χ0v) is 16.7. The molecule has 0 aromatic heterocycles. The standard InChI is InChI=1S/C21H25N3O5/c1-15(12-20(25)22-13-16-4-6-17(27-2)7-5-16)23-24-21(26)14-29-19-10-8-18(28-3)9-11-19/h4-11H,12-14H2,1-3H3,(H,22,25)(H,24,26). The number of nitrogens with zero attached hydrogens (tertiary/aromatic N) is 1. The van der Waals surface area contributed by atoms with Crippen LogP contribution in [0.2, 0.25) is 0 Å². The average molecular weight is 399 g/mol. The second-order valence-corrected chi connectivity index (χ2v) is 6.15. The quantitative estimate of drug-likeness (QED) is 0.472. The van der Waals surface area contributed by atoms with E-state index in [4.69, 9.17) is 14.2 Å². The smallest absolute Gasteiger partial charge is 0.277 e. The maximum Gasteiger partial charge on any atom is 0.277 e. The Morgan fingerprint density at radius 2 is 1.41 bits per heavy atom. The molecule has 2 N–H and O–H groups in total. The van der Waals surface area contributed by atoms with Crippen LogP contribution in [0, 0.1) is 0 Å². The molecule has 8 heteroatoms. The van der Waals surface area contributed by atoms with Crippen LogP contribution in [-0.2, 0) is 16.1 Å². The fraction of sp³-hybridized carbons (Fsp3) is 0.286. The highest BCUT2D eigenvalue weighted by atomic mass is 16.5. The van der Waals surface area contributed by atoms with Gasteiger partial charge in [-0.15, -0.1) is 0 Å². The molecule has 0 spiro atoms. The van der Waals surface area contributed by atoms with Gasteiger partial charge >= 0.3 is 0 Å². The zero-order valence-electron chi connectivity index (χ0n) is 16.7. The SMILES string of the molecule is COc1ccc(CNC(=O)CC(C)=NNC(=O)COc2ccc(OC)cc2)cc1. The molecular weight excluding hydrogens is 374 g/mol. The summed E-state index contributed by atoms with van der Waals surface area (Å²) in [7, 11) is 3.17. The van der Waals surface area contributed by atoms with E-state index in [0.717, 1.165) is 11.3 Å². The third-order valence-electron chi connectivity index (χ3n) is 3.87. The van der Waals surface area contributed by atoms with Gasteiger partial charge in [-0.1, -0.05) is 12.1 Å². The Morgan fingerprint density at radius 1 is 0.862 bits per heavy atom. The summed E-state index contributed by atoms with van der Waals surface area (Å²) < 4.78 is 15.5. The lowest BCUT2D eigenvalue weighted by Gasteiger charge is -2.07. The minimum Gasteiger partial charge on any atom is -0.497 e. The Kier molecular flexibility index (Phi) is 8.50. The first-order valence-corrected chi connectivity index (χ1v) is 8.98. The molecule has 2 amide bonds. The number of ether oxygens (including phenoxy) is 3. The molecule has 0 aliphatic rings. The van der Waals surface area contributed by atoms with E-state index < -0.39 is 5.91 Å². The minimum atomic E-state index is -0.418. The molecule has 8 nitrogen and oxygen atoms in total. The van der Waals surface area contributed by atoms with Crippen LogP contribution in [0.15, 0.2) is 53.6 Å². The van der Waals surface area contributed by atoms with Crippen molar-refractivity contribution in [3.8, 4) is 17.2 Å². The van der Waals surface area contributed by atoms with Crippen LogP contribution in [0.3, 0.4) is 0 Å². The summed E-state index contributed by atoms with van der Waals surface area (Å²) in [4.78, 5) is 23.8. The Labute approximate surface area is 169 Å². The molecule has 0 fully saturated rings. The van der Waals surface area contributed by atoms with Crippen LogP contribution in [0.5, 0.6) is 17.2 Å². The van der Waals surface area contributed by atoms with Gasteiger partial charge in [0.25, 0.3) is 5.91 Å². The molecule has 154 valence electrons. The third-order valence-corrected chi connectivity index (χ3v) is 3.87. The van der Waals surface area contributed by atoms with Gasteiger partial charge in [-0.25, -0.2) is 5.43 Å². The molecule has 0 radical (unpaired) electrons. The molecule has 0 bridgehead atoms. The summed E-state index contributed by atoms with van der Waals surface area (Å²) in [5, 5.41) is 6.72. The number of carbonyl (C=O) groups is 2. The Balaban J connectivity index is 1.69. The van der Waals surface area contributed by atoms with E-state index in [-0.39, 0.29) is 18.9 Å². The van der Waals surface area contributed by atoms with Gasteiger partial charge in [0.2, 0.25) is 5.91 Å². The fourth-order valence-corrected chi connectivity index (χ4v) is 2.29. The summed E-state index contributed by atoms with van der Waals surface area (Å²) in [6.07, 6.45) is 0.0791. The topological polar surface area (TPSA) is 98.2 Å². The monoisotopic (exact) mass is 399 g/mol. The summed E-state index contributed by atoms with van der Waals surface area (Å²) in [5.74, 6) is 1.39. The van der Waals surface area contributed by atoms with Crippen molar-refractivity contribution in [3.63, 3.8) is 0 Å². The second-order valence-electron chi connectivity index (χ2n) is 6.15. The van der Waals surface area contributed by atoms with Crippen LogP contribution in [0.4, 0.5) is 0 Å². The van der Waals surface area contributed by atoms with Gasteiger partial charge in [-0.3, -0.25) is 9.59 Å². The number of amides is 2. The first-order chi connectivity index (χ1) is 14.0. The molecule has 2 aromatic rings. The van der Waals surface area contributed by atoms with Crippen molar-refractivity contribution in [2.24, 2.45) is 5.10 Å². The number of rotatable bonds is 10. The first kappa shape index (κ1) is 21.7. The average Bonchev–Trinajstić information content (AvgIpc) is 2.75. The van der Waals surface area contributed by atoms with E-state index in [1.807, 2.05) is 24.3 Å². The van der Waals surface area contributed by atoms with Crippen LogP contribution in [-0.4, -0.2) is 38.4 Å². The maximum absolute atomic E-state index is 12.0. The number of benzene rings is 2. The van der Waals surface area contributed by atoms with Crippen molar-refractivity contribution in [1.82, 2.24) is 10.7 Å². The molecule has 0 aliphatic carbocycles. The van der Waals surface area contributed by atoms with E-state index in [1.165, 1.54) is 0 Å². The van der Waals surface area contributed by atoms with Crippen molar-refractivity contribution in [2.75, 3.05) is 20.8 Å². The lowest BCUT2D eigenvalue weighted by Crippen LogP contribution is -2.28. The van der Waals surface area contributed by atoms with E-state index in [0.29, 0.717) is 23.8 Å². The Morgan fingerprint density at radius 3 is 2.00 bits per heavy atom. The van der Waals surface area contributed by atoms with Crippen molar-refractivity contribution in [2.45, 2.75) is 19.9 Å². The molecule has 0 unspecified atom stereocenters. The van der Waals surface area contributed by atoms with Crippen LogP contribution < -0.4 is 25.0 Å². The fourth-order valence-electron chi connectivity index (χ4n) is 2.29. The number of hydrogen-bond donors (Lipinski definition) is 2. The molecule has 2 aromatic carbocycles. The molecule has 0 saturated carbocycles. The lowest BCUT2D eigenvalue weighted by atomic mass is 10.2. The highest BCUT2D eigenvalue weighted by molar-refractivity contribution is 6.00. The van der Waals surface area contributed by atoms with Crippen molar-refractivity contribution in [1.29, 1.82) is 0 Å². The van der Waals surface area contributed by atoms with Gasteiger partial charge in [0.1, 0.15) is 17.2 Å². The van der Waals surface area contributed by atoms with Gasteiger partial charge in [-0.2, -0.15) is 5.10 Å². The second kappa shape index (κ2) is 11.3. The maximum atomic E-state index is 12.0. The minimum absolute atomic E-state index is 0.0791. The highest BCUT2D eigenvalue weighted by Crippen LogP contribution is 2.16. The van der Waals surface area contributed by atoms with E-state index in [1.54, 1.807) is 45.4 Å². The van der Waals surface area contributed by atoms with E-state index in [9.17, 15) is 9.59 Å². The first-order valence-electron chi connectivity index (χ1n) is 8.98. The van der Waals surface area contributed by atoms with Crippen LogP contribution in [0.1, 0.15) is 18.9 Å². The van der Waals surface area contributed by atoms with Gasteiger partial charge in [0, 0.05) is 12.3 Å².